The largest absolute Gasteiger partial charge is 0.459 e. The van der Waals surface area contributed by atoms with Gasteiger partial charge in [0.15, 0.2) is 11.6 Å². The molecule has 10 heteroatoms. The molecule has 0 bridgehead atoms. The molecule has 0 N–H and O–H groups in total. The zero-order chi connectivity index (χ0) is 41.3. The van der Waals surface area contributed by atoms with Crippen LogP contribution in [0.2, 0.25) is 0 Å². The van der Waals surface area contributed by atoms with Crippen LogP contribution in [0.15, 0.2) is 146 Å². The van der Waals surface area contributed by atoms with Crippen molar-refractivity contribution in [2.45, 2.75) is 25.7 Å². The minimum Gasteiger partial charge on any atom is -0.459 e. The van der Waals surface area contributed by atoms with Gasteiger partial charge in [0.05, 0.1) is 11.1 Å². The Kier molecular flexibility index (Phi) is 12.7. The first kappa shape index (κ1) is 40.5. The normalized spacial score (nSPS) is 15.3. The van der Waals surface area contributed by atoms with E-state index in [4.69, 9.17) is 18.9 Å². The van der Waals surface area contributed by atoms with Gasteiger partial charge in [0.1, 0.15) is 26.4 Å². The highest BCUT2D eigenvalue weighted by atomic mass is 16.6. The summed E-state index contributed by atoms with van der Waals surface area (Å²) in [7, 11) is 0. The van der Waals surface area contributed by atoms with Gasteiger partial charge in [0.25, 0.3) is 0 Å². The molecular formula is C48H40O10. The second-order valence-electron chi connectivity index (χ2n) is 13.5. The maximum Gasteiger partial charge on any atom is 0.338 e. The van der Waals surface area contributed by atoms with Gasteiger partial charge in [0.2, 0.25) is 0 Å². The molecule has 2 atom stereocenters. The fourth-order valence-electron chi connectivity index (χ4n) is 6.90. The Hall–Kier alpha value is -7.20. The molecule has 0 radical (unpaired) electrons. The van der Waals surface area contributed by atoms with E-state index in [-0.39, 0.29) is 49.1 Å². The molecule has 0 aromatic heterocycles. The molecule has 58 heavy (non-hydrogen) atoms. The molecule has 4 aromatic rings. The maximum atomic E-state index is 14.2. The Morgan fingerprint density at radius 1 is 0.517 bits per heavy atom. The summed E-state index contributed by atoms with van der Waals surface area (Å²) in [5.74, 6) is -3.70. The fourth-order valence-corrected chi connectivity index (χ4v) is 6.90. The van der Waals surface area contributed by atoms with Crippen LogP contribution < -0.4 is 0 Å². The Bertz CT molecular complexity index is 2280. The quantitative estimate of drug-likeness (QED) is 0.0533. The molecule has 0 saturated carbocycles. The predicted octanol–water partition coefficient (Wildman–Crippen LogP) is 8.22. The van der Waals surface area contributed by atoms with Crippen LogP contribution in [0.3, 0.4) is 0 Å². The van der Waals surface area contributed by atoms with E-state index < -0.39 is 35.7 Å². The lowest BCUT2D eigenvalue weighted by Gasteiger charge is -2.28. The molecule has 0 heterocycles. The molecule has 0 fully saturated rings. The Morgan fingerprint density at radius 3 is 1.26 bits per heavy atom. The number of fused-ring (bicyclic) bond motifs is 2. The summed E-state index contributed by atoms with van der Waals surface area (Å²) in [5.41, 5.74) is 6.87. The highest BCUT2D eigenvalue weighted by molar-refractivity contribution is 6.24. The smallest absolute Gasteiger partial charge is 0.338 e. The van der Waals surface area contributed by atoms with E-state index >= 15 is 0 Å². The highest BCUT2D eigenvalue weighted by Crippen LogP contribution is 2.44. The molecule has 0 spiro atoms. The molecule has 6 rings (SSSR count). The zero-order valence-electron chi connectivity index (χ0n) is 32.0. The van der Waals surface area contributed by atoms with Crippen molar-refractivity contribution >= 4 is 46.6 Å². The minimum atomic E-state index is -0.619. The van der Waals surface area contributed by atoms with Gasteiger partial charge >= 0.3 is 23.9 Å². The molecule has 4 aromatic carbocycles. The Morgan fingerprint density at radius 2 is 0.879 bits per heavy atom. The van der Waals surface area contributed by atoms with Gasteiger partial charge in [-0.15, -0.1) is 0 Å². The van der Waals surface area contributed by atoms with Gasteiger partial charge < -0.3 is 18.9 Å². The lowest BCUT2D eigenvalue weighted by molar-refractivity contribution is -0.139. The van der Waals surface area contributed by atoms with Crippen molar-refractivity contribution < 1.29 is 47.7 Å². The number of hydrogen-bond donors (Lipinski definition) is 0. The second kappa shape index (κ2) is 18.2. The third-order valence-corrected chi connectivity index (χ3v) is 9.97. The van der Waals surface area contributed by atoms with E-state index in [9.17, 15) is 28.8 Å². The van der Waals surface area contributed by atoms with Crippen molar-refractivity contribution in [3.63, 3.8) is 0 Å². The van der Waals surface area contributed by atoms with Gasteiger partial charge in [-0.3, -0.25) is 9.59 Å². The number of carbonyl (C=O) groups excluding carboxylic acids is 6. The summed E-state index contributed by atoms with van der Waals surface area (Å²) in [4.78, 5) is 77.0. The lowest BCUT2D eigenvalue weighted by atomic mass is 9.74. The molecule has 0 aliphatic heterocycles. The fraction of sp³-hybridized carbons (Fsp3) is 0.167. The number of benzene rings is 4. The lowest BCUT2D eigenvalue weighted by Crippen LogP contribution is -2.19. The van der Waals surface area contributed by atoms with Gasteiger partial charge in [-0.05, 0) is 69.8 Å². The topological polar surface area (TPSA) is 139 Å². The van der Waals surface area contributed by atoms with E-state index in [1.54, 1.807) is 48.5 Å². The molecule has 2 aliphatic rings. The molecule has 2 unspecified atom stereocenters. The van der Waals surface area contributed by atoms with Crippen molar-refractivity contribution in [3.8, 4) is 0 Å². The van der Waals surface area contributed by atoms with E-state index in [0.717, 1.165) is 23.3 Å². The third-order valence-electron chi connectivity index (χ3n) is 9.97. The van der Waals surface area contributed by atoms with Crippen LogP contribution >= 0.6 is 0 Å². The molecule has 0 amide bonds. The zero-order valence-corrected chi connectivity index (χ0v) is 32.0. The summed E-state index contributed by atoms with van der Waals surface area (Å²) in [5, 5.41) is 0. The molecule has 0 saturated heterocycles. The summed E-state index contributed by atoms with van der Waals surface area (Å²) in [6.45, 7) is 9.96. The van der Waals surface area contributed by atoms with Crippen molar-refractivity contribution in [1.82, 2.24) is 0 Å². The van der Waals surface area contributed by atoms with Crippen molar-refractivity contribution in [3.05, 3.63) is 190 Å². The van der Waals surface area contributed by atoms with Crippen LogP contribution in [0.1, 0.15) is 89.4 Å². The van der Waals surface area contributed by atoms with Crippen LogP contribution in [0.25, 0.3) is 11.1 Å². The van der Waals surface area contributed by atoms with E-state index in [1.165, 1.54) is 0 Å². The number of ketones is 2. The number of carbonyl (C=O) groups is 6. The van der Waals surface area contributed by atoms with E-state index in [1.807, 2.05) is 74.5 Å². The minimum absolute atomic E-state index is 0.117. The van der Waals surface area contributed by atoms with Crippen LogP contribution in [0.5, 0.6) is 0 Å². The van der Waals surface area contributed by atoms with Gasteiger partial charge in [-0.25, -0.2) is 19.2 Å². The monoisotopic (exact) mass is 776 g/mol. The van der Waals surface area contributed by atoms with Crippen LogP contribution in [0.4, 0.5) is 0 Å². The number of hydrogen-bond acceptors (Lipinski definition) is 10. The second-order valence-corrected chi connectivity index (χ2v) is 13.5. The van der Waals surface area contributed by atoms with E-state index in [2.05, 4.69) is 13.2 Å². The van der Waals surface area contributed by atoms with Crippen molar-refractivity contribution in [1.29, 1.82) is 0 Å². The first-order valence-corrected chi connectivity index (χ1v) is 18.6. The molecule has 2 aliphatic carbocycles. The summed E-state index contributed by atoms with van der Waals surface area (Å²) in [6.07, 6.45) is 5.79. The Labute approximate surface area is 335 Å². The van der Waals surface area contributed by atoms with Crippen LogP contribution in [-0.2, 0) is 28.5 Å². The number of rotatable bonds is 14. The van der Waals surface area contributed by atoms with E-state index in [0.29, 0.717) is 44.5 Å². The number of ether oxygens (including phenoxy) is 4. The highest BCUT2D eigenvalue weighted by Gasteiger charge is 2.33. The average Bonchev–Trinajstić information content (AvgIpc) is 3.26. The van der Waals surface area contributed by atoms with Crippen molar-refractivity contribution in [2.24, 2.45) is 0 Å². The molecule has 10 nitrogen and oxygen atoms in total. The first-order valence-electron chi connectivity index (χ1n) is 18.6. The van der Waals surface area contributed by atoms with Gasteiger partial charge in [-0.1, -0.05) is 99.8 Å². The summed E-state index contributed by atoms with van der Waals surface area (Å²) in [6, 6.07) is 28.4. The molecule has 292 valence electrons. The standard InChI is InChI=1S/C48H40O10/c1-5-43(49)55-21-23-57-47(53)33-15-11-13-31(25-33)29(3)39-27-41(35-17-7-9-19-37(35)45(39)51)42-28-40(46(52)38-20-10-8-18-36(38)42)30(4)32-14-12-16-34(26-32)48(54)58-24-22-56-44(50)6-2/h5-20,25-30H,1-2,21-24H2,3-4H3/b42-41+. The van der Waals surface area contributed by atoms with Gasteiger partial charge in [-0.2, -0.15) is 0 Å². The summed E-state index contributed by atoms with van der Waals surface area (Å²) < 4.78 is 20.4. The Balaban J connectivity index is 1.37. The van der Waals surface area contributed by atoms with Gasteiger partial charge in [0, 0.05) is 46.3 Å². The van der Waals surface area contributed by atoms with Crippen LogP contribution in [-0.4, -0.2) is 61.9 Å². The SMILES string of the molecule is C=CC(=O)OCCOC(=O)c1cccc(C(C)C2=C/C(=C3/C=C(C(C)c4cccc(C(=O)OCCOC(=O)C=C)c4)C(=O)c4ccccc43)c3ccccc3C2=O)c1. The summed E-state index contributed by atoms with van der Waals surface area (Å²) >= 11 is 0. The third kappa shape index (κ3) is 8.76. The molecular weight excluding hydrogens is 737 g/mol. The average molecular weight is 777 g/mol. The number of allylic oxidation sites excluding steroid dienone is 6. The first-order chi connectivity index (χ1) is 28.0. The number of esters is 4. The van der Waals surface area contributed by atoms with Crippen molar-refractivity contribution in [2.75, 3.05) is 26.4 Å². The maximum absolute atomic E-state index is 14.2. The van der Waals surface area contributed by atoms with Crippen LogP contribution in [0, 0.1) is 0 Å². The predicted molar refractivity (Wildman–Crippen MR) is 217 cm³/mol. The number of Topliss-reactive ketones (excluding diaryl/α,β-unsaturated/α-hetero) is 2.